The molecule has 0 radical (unpaired) electrons. The molecule has 1 N–H and O–H groups in total. The molecule has 0 spiro atoms. The Kier molecular flexibility index (Phi) is 3.86. The van der Waals surface area contributed by atoms with Gasteiger partial charge in [0.1, 0.15) is 17.3 Å². The van der Waals surface area contributed by atoms with Crippen molar-refractivity contribution < 1.29 is 0 Å². The molecule has 0 atom stereocenters. The molecule has 0 aliphatic carbocycles. The highest BCUT2D eigenvalue weighted by Gasteiger charge is 2.10. The van der Waals surface area contributed by atoms with Crippen LogP contribution in [0.25, 0.3) is 0 Å². The summed E-state index contributed by atoms with van der Waals surface area (Å²) in [5.74, 6) is 0.584. The van der Waals surface area contributed by atoms with E-state index in [9.17, 15) is 0 Å². The van der Waals surface area contributed by atoms with E-state index in [4.69, 9.17) is 23.2 Å². The van der Waals surface area contributed by atoms with E-state index in [1.807, 2.05) is 25.1 Å². The second-order valence-corrected chi connectivity index (χ2v) is 4.94. The Bertz CT molecular complexity index is 540. The van der Waals surface area contributed by atoms with Crippen molar-refractivity contribution in [2.75, 3.05) is 5.32 Å². The summed E-state index contributed by atoms with van der Waals surface area (Å²) in [7, 11) is 0. The Morgan fingerprint density at radius 3 is 2.71 bits per heavy atom. The van der Waals surface area contributed by atoms with Gasteiger partial charge < -0.3 is 5.32 Å². The number of nitrogens with zero attached hydrogens (tertiary/aromatic N) is 2. The van der Waals surface area contributed by atoms with Crippen LogP contribution in [0.4, 0.5) is 11.5 Å². The minimum Gasteiger partial charge on any atom is -0.338 e. The molecule has 0 unspecified atom stereocenters. The van der Waals surface area contributed by atoms with Crippen molar-refractivity contribution in [3.63, 3.8) is 0 Å². The molecular formula is C11H8BrCl2N3. The highest BCUT2D eigenvalue weighted by Crippen LogP contribution is 2.32. The minimum absolute atomic E-state index is 0.354. The highest BCUT2D eigenvalue weighted by atomic mass is 79.9. The Labute approximate surface area is 117 Å². The highest BCUT2D eigenvalue weighted by molar-refractivity contribution is 9.10. The third-order valence-corrected chi connectivity index (χ3v) is 3.79. The SMILES string of the molecule is Cc1cccc(Cl)c1Nc1ncnc(Cl)c1Br. The number of hydrogen-bond donors (Lipinski definition) is 1. The maximum Gasteiger partial charge on any atom is 0.149 e. The van der Waals surface area contributed by atoms with Gasteiger partial charge in [-0.3, -0.25) is 0 Å². The fourth-order valence-corrected chi connectivity index (χ4v) is 2.05. The van der Waals surface area contributed by atoms with Crippen molar-refractivity contribution in [3.05, 3.63) is 44.7 Å². The lowest BCUT2D eigenvalue weighted by Crippen LogP contribution is -1.98. The average Bonchev–Trinajstić information content (AvgIpc) is 2.29. The molecule has 88 valence electrons. The van der Waals surface area contributed by atoms with Crippen molar-refractivity contribution in [1.29, 1.82) is 0 Å². The Morgan fingerprint density at radius 1 is 1.24 bits per heavy atom. The molecule has 2 aromatic rings. The number of benzene rings is 1. The third-order valence-electron chi connectivity index (χ3n) is 2.21. The van der Waals surface area contributed by atoms with Gasteiger partial charge >= 0.3 is 0 Å². The van der Waals surface area contributed by atoms with Gasteiger partial charge in [-0.1, -0.05) is 35.3 Å². The first-order valence-corrected chi connectivity index (χ1v) is 6.32. The van der Waals surface area contributed by atoms with Crippen LogP contribution >= 0.6 is 39.1 Å². The summed E-state index contributed by atoms with van der Waals surface area (Å²) in [5.41, 5.74) is 1.84. The van der Waals surface area contributed by atoms with Gasteiger partial charge in [0.05, 0.1) is 15.2 Å². The van der Waals surface area contributed by atoms with Crippen molar-refractivity contribution in [1.82, 2.24) is 9.97 Å². The molecule has 1 aromatic carbocycles. The zero-order valence-corrected chi connectivity index (χ0v) is 11.9. The molecule has 3 nitrogen and oxygen atoms in total. The van der Waals surface area contributed by atoms with Crippen LogP contribution in [0.5, 0.6) is 0 Å². The van der Waals surface area contributed by atoms with Gasteiger partial charge in [0.15, 0.2) is 0 Å². The Balaban J connectivity index is 2.42. The van der Waals surface area contributed by atoms with Crippen LogP contribution in [-0.4, -0.2) is 9.97 Å². The largest absolute Gasteiger partial charge is 0.338 e. The number of aromatic nitrogens is 2. The van der Waals surface area contributed by atoms with Crippen LogP contribution < -0.4 is 5.32 Å². The number of hydrogen-bond acceptors (Lipinski definition) is 3. The average molecular weight is 333 g/mol. The van der Waals surface area contributed by atoms with Crippen LogP contribution in [0.1, 0.15) is 5.56 Å². The second-order valence-electron chi connectivity index (χ2n) is 3.38. The molecule has 0 saturated heterocycles. The van der Waals surface area contributed by atoms with E-state index in [1.54, 1.807) is 0 Å². The molecule has 0 aliphatic heterocycles. The van der Waals surface area contributed by atoms with Gasteiger partial charge in [-0.05, 0) is 34.5 Å². The molecule has 0 amide bonds. The Morgan fingerprint density at radius 2 is 2.00 bits per heavy atom. The molecular weight excluding hydrogens is 325 g/mol. The lowest BCUT2D eigenvalue weighted by Gasteiger charge is -2.11. The predicted octanol–water partition coefficient (Wildman–Crippen LogP) is 4.60. The van der Waals surface area contributed by atoms with Gasteiger partial charge in [-0.2, -0.15) is 0 Å². The first-order chi connectivity index (χ1) is 8.09. The minimum atomic E-state index is 0.354. The number of rotatable bonds is 2. The van der Waals surface area contributed by atoms with E-state index in [0.29, 0.717) is 20.5 Å². The third kappa shape index (κ3) is 2.70. The van der Waals surface area contributed by atoms with Crippen molar-refractivity contribution in [2.24, 2.45) is 0 Å². The predicted molar refractivity (Wildman–Crippen MR) is 74.2 cm³/mol. The summed E-state index contributed by atoms with van der Waals surface area (Å²) in [6.07, 6.45) is 1.39. The standard InChI is InChI=1S/C11H8BrCl2N3/c1-6-3-2-4-7(13)9(6)17-11-8(12)10(14)15-5-16-11/h2-5H,1H3,(H,15,16,17). The number of halogens is 3. The molecule has 1 heterocycles. The maximum absolute atomic E-state index is 6.12. The smallest absolute Gasteiger partial charge is 0.149 e. The molecule has 0 bridgehead atoms. The summed E-state index contributed by atoms with van der Waals surface area (Å²) in [6, 6.07) is 5.67. The quantitative estimate of drug-likeness (QED) is 0.817. The first-order valence-electron chi connectivity index (χ1n) is 4.77. The fourth-order valence-electron chi connectivity index (χ4n) is 1.34. The molecule has 0 aliphatic rings. The lowest BCUT2D eigenvalue weighted by molar-refractivity contribution is 1.15. The van der Waals surface area contributed by atoms with Crippen molar-refractivity contribution in [3.8, 4) is 0 Å². The molecule has 1 aromatic heterocycles. The van der Waals surface area contributed by atoms with Crippen LogP contribution in [0.3, 0.4) is 0 Å². The van der Waals surface area contributed by atoms with Gasteiger partial charge in [0, 0.05) is 0 Å². The number of nitrogens with one attached hydrogen (secondary N) is 1. The van der Waals surface area contributed by atoms with Gasteiger partial charge in [-0.25, -0.2) is 9.97 Å². The maximum atomic E-state index is 6.12. The van der Waals surface area contributed by atoms with E-state index < -0.39 is 0 Å². The van der Waals surface area contributed by atoms with E-state index in [0.717, 1.165) is 11.3 Å². The Hall–Kier alpha value is -0.840. The van der Waals surface area contributed by atoms with Gasteiger partial charge in [0.2, 0.25) is 0 Å². The van der Waals surface area contributed by atoms with Crippen LogP contribution in [0, 0.1) is 6.92 Å². The zero-order valence-electron chi connectivity index (χ0n) is 8.84. The molecule has 17 heavy (non-hydrogen) atoms. The summed E-state index contributed by atoms with van der Waals surface area (Å²) in [6.45, 7) is 1.96. The number of anilines is 2. The van der Waals surface area contributed by atoms with E-state index in [1.165, 1.54) is 6.33 Å². The van der Waals surface area contributed by atoms with Gasteiger partial charge in [-0.15, -0.1) is 0 Å². The van der Waals surface area contributed by atoms with Crippen LogP contribution in [0.15, 0.2) is 29.0 Å². The van der Waals surface area contributed by atoms with Gasteiger partial charge in [0.25, 0.3) is 0 Å². The van der Waals surface area contributed by atoms with E-state index >= 15 is 0 Å². The van der Waals surface area contributed by atoms with Crippen LogP contribution in [-0.2, 0) is 0 Å². The molecule has 6 heteroatoms. The van der Waals surface area contributed by atoms with Crippen LogP contribution in [0.2, 0.25) is 10.2 Å². The monoisotopic (exact) mass is 331 g/mol. The van der Waals surface area contributed by atoms with E-state index in [-0.39, 0.29) is 0 Å². The molecule has 2 rings (SSSR count). The summed E-state index contributed by atoms with van der Waals surface area (Å²) in [5, 5.41) is 4.12. The first kappa shape index (κ1) is 12.6. The topological polar surface area (TPSA) is 37.8 Å². The lowest BCUT2D eigenvalue weighted by atomic mass is 10.2. The second kappa shape index (κ2) is 5.21. The van der Waals surface area contributed by atoms with Crippen molar-refractivity contribution in [2.45, 2.75) is 6.92 Å². The zero-order chi connectivity index (χ0) is 12.4. The van der Waals surface area contributed by atoms with Crippen molar-refractivity contribution >= 4 is 50.6 Å². The van der Waals surface area contributed by atoms with E-state index in [2.05, 4.69) is 31.2 Å². The number of aryl methyl sites for hydroxylation is 1. The summed E-state index contributed by atoms with van der Waals surface area (Å²) < 4.78 is 0.612. The molecule has 0 fully saturated rings. The fraction of sp³-hybridized carbons (Fsp3) is 0.0909. The normalized spacial score (nSPS) is 10.4. The molecule has 0 saturated carbocycles. The number of para-hydroxylation sites is 1. The summed E-state index contributed by atoms with van der Waals surface area (Å²) in [4.78, 5) is 7.96. The summed E-state index contributed by atoms with van der Waals surface area (Å²) >= 11 is 15.3.